The van der Waals surface area contributed by atoms with Crippen LogP contribution in [-0.2, 0) is 9.47 Å². The number of aromatic nitrogens is 1. The van der Waals surface area contributed by atoms with Crippen molar-refractivity contribution in [2.75, 3.05) is 19.8 Å². The van der Waals surface area contributed by atoms with E-state index in [1.807, 2.05) is 6.92 Å². The molecular weight excluding hydrogens is 256 g/mol. The van der Waals surface area contributed by atoms with Crippen LogP contribution >= 0.6 is 11.6 Å². The van der Waals surface area contributed by atoms with Gasteiger partial charge in [-0.25, -0.2) is 0 Å². The average molecular weight is 271 g/mol. The van der Waals surface area contributed by atoms with Crippen LogP contribution in [0.5, 0.6) is 0 Å². The molecule has 6 heteroatoms. The van der Waals surface area contributed by atoms with Gasteiger partial charge in [0.15, 0.2) is 0 Å². The fourth-order valence-corrected chi connectivity index (χ4v) is 2.01. The number of ether oxygens (including phenoxy) is 2. The van der Waals surface area contributed by atoms with Crippen molar-refractivity contribution in [2.45, 2.75) is 19.1 Å². The fourth-order valence-electron chi connectivity index (χ4n) is 1.84. The molecule has 2 heterocycles. The van der Waals surface area contributed by atoms with E-state index >= 15 is 0 Å². The molecule has 0 spiro atoms. The van der Waals surface area contributed by atoms with Gasteiger partial charge < -0.3 is 14.8 Å². The van der Waals surface area contributed by atoms with E-state index in [0.717, 1.165) is 0 Å². The summed E-state index contributed by atoms with van der Waals surface area (Å²) in [6.07, 6.45) is 2.87. The number of rotatable bonds is 4. The first-order valence-corrected chi connectivity index (χ1v) is 6.19. The van der Waals surface area contributed by atoms with Crippen LogP contribution in [0.3, 0.4) is 0 Å². The van der Waals surface area contributed by atoms with Crippen molar-refractivity contribution in [1.29, 1.82) is 0 Å². The van der Waals surface area contributed by atoms with Gasteiger partial charge in [-0.1, -0.05) is 11.6 Å². The van der Waals surface area contributed by atoms with Crippen LogP contribution in [0, 0.1) is 0 Å². The minimum Gasteiger partial charge on any atom is -0.376 e. The number of carbonyl (C=O) groups is 1. The van der Waals surface area contributed by atoms with Gasteiger partial charge in [0.1, 0.15) is 6.10 Å². The summed E-state index contributed by atoms with van der Waals surface area (Å²) in [6, 6.07) is 1.45. The molecule has 1 saturated heterocycles. The fraction of sp³-hybridized carbons (Fsp3) is 0.500. The number of hydrogen-bond donors (Lipinski definition) is 1. The normalized spacial score (nSPS) is 23.0. The minimum atomic E-state index is -0.217. The van der Waals surface area contributed by atoms with Crippen molar-refractivity contribution in [1.82, 2.24) is 10.3 Å². The lowest BCUT2D eigenvalue weighted by molar-refractivity contribution is 0.0402. The molecular formula is C12H15ClN2O3. The second-order valence-electron chi connectivity index (χ2n) is 4.00. The highest BCUT2D eigenvalue weighted by Crippen LogP contribution is 2.12. The van der Waals surface area contributed by atoms with Crippen molar-refractivity contribution in [2.24, 2.45) is 0 Å². The van der Waals surface area contributed by atoms with E-state index in [-0.39, 0.29) is 18.1 Å². The van der Waals surface area contributed by atoms with E-state index in [1.165, 1.54) is 12.4 Å². The number of amides is 1. The summed E-state index contributed by atoms with van der Waals surface area (Å²) in [4.78, 5) is 15.9. The maximum absolute atomic E-state index is 12.0. The highest BCUT2D eigenvalue weighted by Gasteiger charge is 2.30. The van der Waals surface area contributed by atoms with E-state index < -0.39 is 0 Å². The summed E-state index contributed by atoms with van der Waals surface area (Å²) < 4.78 is 10.8. The van der Waals surface area contributed by atoms with Crippen molar-refractivity contribution in [3.63, 3.8) is 0 Å². The summed E-state index contributed by atoms with van der Waals surface area (Å²) in [7, 11) is 0. The molecule has 1 aromatic rings. The van der Waals surface area contributed by atoms with Gasteiger partial charge in [0.25, 0.3) is 5.91 Å². The Kier molecular flexibility index (Phi) is 4.52. The van der Waals surface area contributed by atoms with Crippen LogP contribution in [0.1, 0.15) is 17.3 Å². The van der Waals surface area contributed by atoms with E-state index in [1.54, 1.807) is 6.07 Å². The van der Waals surface area contributed by atoms with Gasteiger partial charge in [0, 0.05) is 19.0 Å². The highest BCUT2D eigenvalue weighted by atomic mass is 35.5. The largest absolute Gasteiger partial charge is 0.376 e. The summed E-state index contributed by atoms with van der Waals surface area (Å²) in [5.74, 6) is -0.217. The maximum atomic E-state index is 12.0. The third-order valence-electron chi connectivity index (χ3n) is 2.69. The Balaban J connectivity index is 1.98. The number of nitrogens with zero attached hydrogens (tertiary/aromatic N) is 1. The summed E-state index contributed by atoms with van der Waals surface area (Å²) >= 11 is 5.79. The van der Waals surface area contributed by atoms with Crippen LogP contribution in [-0.4, -0.2) is 42.9 Å². The van der Waals surface area contributed by atoms with Crippen molar-refractivity contribution in [3.05, 3.63) is 29.0 Å². The maximum Gasteiger partial charge on any atom is 0.253 e. The number of carbonyl (C=O) groups excluding carboxylic acids is 1. The zero-order valence-corrected chi connectivity index (χ0v) is 10.8. The summed E-state index contributed by atoms with van der Waals surface area (Å²) in [5.41, 5.74) is 0.435. The van der Waals surface area contributed by atoms with Gasteiger partial charge in [0.2, 0.25) is 0 Å². The Hall–Kier alpha value is -1.17. The molecule has 1 aromatic heterocycles. The lowest BCUT2D eigenvalue weighted by Crippen LogP contribution is -2.43. The van der Waals surface area contributed by atoms with Gasteiger partial charge >= 0.3 is 0 Å². The van der Waals surface area contributed by atoms with Gasteiger partial charge in [-0.05, 0) is 13.0 Å². The molecule has 0 radical (unpaired) electrons. The topological polar surface area (TPSA) is 60.5 Å². The molecule has 1 aliphatic heterocycles. The third kappa shape index (κ3) is 3.19. The first-order chi connectivity index (χ1) is 8.70. The lowest BCUT2D eigenvalue weighted by atomic mass is 10.2. The highest BCUT2D eigenvalue weighted by molar-refractivity contribution is 6.30. The Bertz CT molecular complexity index is 428. The van der Waals surface area contributed by atoms with Gasteiger partial charge in [-0.15, -0.1) is 0 Å². The molecule has 2 atom stereocenters. The molecule has 5 nitrogen and oxygen atoms in total. The second-order valence-corrected chi connectivity index (χ2v) is 4.44. The SMILES string of the molecule is CCO[C@H]1COC[C@@H]1NC(=O)c1cncc(Cl)c1. The molecule has 18 heavy (non-hydrogen) atoms. The van der Waals surface area contributed by atoms with Crippen LogP contribution in [0.4, 0.5) is 0 Å². The first kappa shape index (κ1) is 13.3. The molecule has 1 aliphatic rings. The zero-order valence-electron chi connectivity index (χ0n) is 10.1. The third-order valence-corrected chi connectivity index (χ3v) is 2.90. The Labute approximate surface area is 110 Å². The predicted molar refractivity (Wildman–Crippen MR) is 66.7 cm³/mol. The lowest BCUT2D eigenvalue weighted by Gasteiger charge is -2.18. The molecule has 1 fully saturated rings. The van der Waals surface area contributed by atoms with Crippen LogP contribution in [0.2, 0.25) is 5.02 Å². The summed E-state index contributed by atoms with van der Waals surface area (Å²) in [6.45, 7) is 3.48. The number of halogens is 1. The van der Waals surface area contributed by atoms with E-state index in [0.29, 0.717) is 30.4 Å². The smallest absolute Gasteiger partial charge is 0.253 e. The molecule has 1 amide bonds. The van der Waals surface area contributed by atoms with E-state index in [4.69, 9.17) is 21.1 Å². The second kappa shape index (κ2) is 6.13. The number of hydrogen-bond acceptors (Lipinski definition) is 4. The Morgan fingerprint density at radius 3 is 3.17 bits per heavy atom. The predicted octanol–water partition coefficient (Wildman–Crippen LogP) is 1.27. The number of nitrogens with one attached hydrogen (secondary N) is 1. The monoisotopic (exact) mass is 270 g/mol. The molecule has 0 saturated carbocycles. The van der Waals surface area contributed by atoms with Crippen molar-refractivity contribution >= 4 is 17.5 Å². The first-order valence-electron chi connectivity index (χ1n) is 5.81. The van der Waals surface area contributed by atoms with Gasteiger partial charge in [0.05, 0.1) is 29.8 Å². The molecule has 1 N–H and O–H groups in total. The van der Waals surface area contributed by atoms with E-state index in [9.17, 15) is 4.79 Å². The van der Waals surface area contributed by atoms with Crippen LogP contribution in [0.25, 0.3) is 0 Å². The quantitative estimate of drug-likeness (QED) is 0.895. The van der Waals surface area contributed by atoms with Crippen molar-refractivity contribution < 1.29 is 14.3 Å². The van der Waals surface area contributed by atoms with E-state index in [2.05, 4.69) is 10.3 Å². The van der Waals surface area contributed by atoms with Crippen molar-refractivity contribution in [3.8, 4) is 0 Å². The standard InChI is InChI=1S/C12H15ClN2O3/c1-2-18-11-7-17-6-10(11)15-12(16)8-3-9(13)5-14-4-8/h3-5,10-11H,2,6-7H2,1H3,(H,15,16)/t10-,11-/m0/s1. The molecule has 0 aliphatic carbocycles. The Morgan fingerprint density at radius 2 is 2.44 bits per heavy atom. The van der Waals surface area contributed by atoms with Gasteiger partial charge in [-0.2, -0.15) is 0 Å². The van der Waals surface area contributed by atoms with Crippen LogP contribution < -0.4 is 5.32 Å². The number of pyridine rings is 1. The molecule has 0 unspecified atom stereocenters. The minimum absolute atomic E-state index is 0.0916. The summed E-state index contributed by atoms with van der Waals surface area (Å²) in [5, 5.41) is 3.31. The van der Waals surface area contributed by atoms with Crippen LogP contribution in [0.15, 0.2) is 18.5 Å². The molecule has 2 rings (SSSR count). The van der Waals surface area contributed by atoms with Gasteiger partial charge in [-0.3, -0.25) is 9.78 Å². The zero-order chi connectivity index (χ0) is 13.0. The Morgan fingerprint density at radius 1 is 1.61 bits per heavy atom. The molecule has 0 aromatic carbocycles. The molecule has 0 bridgehead atoms. The molecule has 98 valence electrons. The average Bonchev–Trinajstić information content (AvgIpc) is 2.77.